The molecule has 0 spiro atoms. The van der Waals surface area contributed by atoms with Crippen molar-refractivity contribution in [3.8, 4) is 0 Å². The van der Waals surface area contributed by atoms with E-state index in [0.29, 0.717) is 6.67 Å². The highest BCUT2D eigenvalue weighted by molar-refractivity contribution is 6.07. The number of carbonyl (C=O) groups is 2. The number of nitrogens with zero attached hydrogens (tertiary/aromatic N) is 2. The van der Waals surface area contributed by atoms with Crippen LogP contribution in [0.2, 0.25) is 0 Å². The van der Waals surface area contributed by atoms with Crippen molar-refractivity contribution in [2.75, 3.05) is 19.8 Å². The van der Waals surface area contributed by atoms with Crippen molar-refractivity contribution in [3.05, 3.63) is 70.8 Å². The van der Waals surface area contributed by atoms with Gasteiger partial charge in [0.2, 0.25) is 11.8 Å². The van der Waals surface area contributed by atoms with Crippen molar-refractivity contribution in [2.45, 2.75) is 31.1 Å². The maximum atomic E-state index is 13.5. The molecule has 5 aliphatic rings. The Morgan fingerprint density at radius 2 is 1.11 bits per heavy atom. The summed E-state index contributed by atoms with van der Waals surface area (Å²) in [5.41, 5.74) is 4.98. The molecule has 7 rings (SSSR count). The van der Waals surface area contributed by atoms with Crippen LogP contribution >= 0.6 is 0 Å². The van der Waals surface area contributed by atoms with Crippen LogP contribution in [0.3, 0.4) is 0 Å². The summed E-state index contributed by atoms with van der Waals surface area (Å²) in [6.45, 7) is 2.44. The molecule has 2 atom stereocenters. The summed E-state index contributed by atoms with van der Waals surface area (Å²) in [7, 11) is 0. The van der Waals surface area contributed by atoms with Crippen LogP contribution in [0.1, 0.15) is 53.4 Å². The Labute approximate surface area is 165 Å². The van der Waals surface area contributed by atoms with Gasteiger partial charge in [0.15, 0.2) is 0 Å². The molecule has 2 unspecified atom stereocenters. The number of imide groups is 1. The topological polar surface area (TPSA) is 40.6 Å². The summed E-state index contributed by atoms with van der Waals surface area (Å²) in [4.78, 5) is 30.9. The number of hydrogen-bond acceptors (Lipinski definition) is 3. The maximum Gasteiger partial charge on any atom is 0.235 e. The minimum Gasteiger partial charge on any atom is -0.286 e. The molecule has 2 bridgehead atoms. The number of rotatable bonds is 2. The fourth-order valence-corrected chi connectivity index (χ4v) is 6.18. The lowest BCUT2D eigenvalue weighted by atomic mass is 9.55. The van der Waals surface area contributed by atoms with Gasteiger partial charge in [0.25, 0.3) is 0 Å². The fourth-order valence-electron chi connectivity index (χ4n) is 6.18. The molecule has 2 aromatic rings. The van der Waals surface area contributed by atoms with E-state index in [4.69, 9.17) is 0 Å². The second-order valence-electron chi connectivity index (χ2n) is 8.69. The molecule has 2 fully saturated rings. The summed E-state index contributed by atoms with van der Waals surface area (Å²) >= 11 is 0. The van der Waals surface area contributed by atoms with Crippen LogP contribution in [0.25, 0.3) is 0 Å². The van der Waals surface area contributed by atoms with Crippen molar-refractivity contribution in [1.29, 1.82) is 0 Å². The quantitative estimate of drug-likeness (QED) is 0.760. The number of amides is 2. The number of likely N-dealkylation sites (tertiary alicyclic amines) is 2. The molecule has 2 saturated heterocycles. The number of piperidine rings is 1. The fraction of sp³-hybridized carbons (Fsp3) is 0.417. The highest BCUT2D eigenvalue weighted by Gasteiger charge is 2.61. The molecule has 2 amide bonds. The van der Waals surface area contributed by atoms with Gasteiger partial charge in [-0.1, -0.05) is 55.0 Å². The summed E-state index contributed by atoms with van der Waals surface area (Å²) in [6, 6.07) is 16.9. The van der Waals surface area contributed by atoms with E-state index < -0.39 is 0 Å². The molecule has 0 N–H and O–H groups in total. The second kappa shape index (κ2) is 6.02. The van der Waals surface area contributed by atoms with E-state index in [-0.39, 0.29) is 35.5 Å². The first-order valence-electron chi connectivity index (χ1n) is 10.5. The number of hydrogen-bond donors (Lipinski definition) is 0. The molecule has 3 aliphatic carbocycles. The van der Waals surface area contributed by atoms with Gasteiger partial charge in [-0.15, -0.1) is 0 Å². The van der Waals surface area contributed by atoms with Gasteiger partial charge in [0.05, 0.1) is 18.5 Å². The molecule has 2 aliphatic heterocycles. The Hall–Kier alpha value is -2.46. The van der Waals surface area contributed by atoms with Gasteiger partial charge >= 0.3 is 0 Å². The second-order valence-corrected chi connectivity index (χ2v) is 8.69. The largest absolute Gasteiger partial charge is 0.286 e. The van der Waals surface area contributed by atoms with Crippen molar-refractivity contribution < 1.29 is 9.59 Å². The Morgan fingerprint density at radius 1 is 0.679 bits per heavy atom. The third-order valence-corrected chi connectivity index (χ3v) is 7.33. The summed E-state index contributed by atoms with van der Waals surface area (Å²) in [6.07, 6.45) is 3.56. The summed E-state index contributed by atoms with van der Waals surface area (Å²) in [5, 5.41) is 0. The molecular formula is C24H24N2O2. The number of carbonyl (C=O) groups excluding carboxylic acids is 2. The monoisotopic (exact) mass is 372 g/mol. The zero-order valence-corrected chi connectivity index (χ0v) is 15.9. The standard InChI is InChI=1S/C24H24N2O2/c27-23-21-19-15-8-2-3-9-16(15)20(18-11-5-4-10-17(18)19)22(21)24(28)26(23)14-25-12-6-1-7-13-25/h2-5,8-11,19-22H,1,6-7,12-14H2. The van der Waals surface area contributed by atoms with Gasteiger partial charge in [-0.05, 0) is 48.2 Å². The van der Waals surface area contributed by atoms with Crippen molar-refractivity contribution in [3.63, 3.8) is 0 Å². The smallest absolute Gasteiger partial charge is 0.235 e. The van der Waals surface area contributed by atoms with Crippen LogP contribution in [-0.4, -0.2) is 41.4 Å². The van der Waals surface area contributed by atoms with Crippen molar-refractivity contribution >= 4 is 11.8 Å². The van der Waals surface area contributed by atoms with Gasteiger partial charge in [-0.3, -0.25) is 19.4 Å². The zero-order chi connectivity index (χ0) is 18.8. The van der Waals surface area contributed by atoms with Crippen LogP contribution in [-0.2, 0) is 9.59 Å². The van der Waals surface area contributed by atoms with Crippen LogP contribution in [0.5, 0.6) is 0 Å². The van der Waals surface area contributed by atoms with Crippen LogP contribution in [0.15, 0.2) is 48.5 Å². The first-order valence-corrected chi connectivity index (χ1v) is 10.5. The molecule has 0 aromatic heterocycles. The lowest BCUT2D eigenvalue weighted by Crippen LogP contribution is -2.44. The normalized spacial score (nSPS) is 30.9. The van der Waals surface area contributed by atoms with Crippen LogP contribution in [0, 0.1) is 11.8 Å². The third-order valence-electron chi connectivity index (χ3n) is 7.33. The minimum absolute atomic E-state index is 0.00482. The average Bonchev–Trinajstić information content (AvgIpc) is 3.00. The van der Waals surface area contributed by atoms with E-state index in [1.165, 1.54) is 28.7 Å². The van der Waals surface area contributed by atoms with Crippen molar-refractivity contribution in [1.82, 2.24) is 9.80 Å². The Bertz CT molecular complexity index is 863. The van der Waals surface area contributed by atoms with Crippen LogP contribution in [0.4, 0.5) is 0 Å². The van der Waals surface area contributed by atoms with Gasteiger partial charge in [-0.2, -0.15) is 0 Å². The summed E-state index contributed by atoms with van der Waals surface area (Å²) in [5.74, 6) is -0.395. The highest BCUT2D eigenvalue weighted by atomic mass is 16.2. The van der Waals surface area contributed by atoms with Gasteiger partial charge in [0.1, 0.15) is 0 Å². The maximum absolute atomic E-state index is 13.5. The van der Waals surface area contributed by atoms with Crippen LogP contribution < -0.4 is 0 Å². The molecule has 0 radical (unpaired) electrons. The molecule has 28 heavy (non-hydrogen) atoms. The van der Waals surface area contributed by atoms with E-state index in [0.717, 1.165) is 25.9 Å². The van der Waals surface area contributed by atoms with Gasteiger partial charge in [0, 0.05) is 11.8 Å². The molecule has 0 saturated carbocycles. The molecule has 4 nitrogen and oxygen atoms in total. The Balaban J connectivity index is 1.45. The Kier molecular flexibility index (Phi) is 3.54. The lowest BCUT2D eigenvalue weighted by Gasteiger charge is -2.45. The van der Waals surface area contributed by atoms with E-state index >= 15 is 0 Å². The van der Waals surface area contributed by atoms with Gasteiger partial charge < -0.3 is 0 Å². The van der Waals surface area contributed by atoms with Crippen molar-refractivity contribution in [2.24, 2.45) is 11.8 Å². The predicted molar refractivity (Wildman–Crippen MR) is 106 cm³/mol. The lowest BCUT2D eigenvalue weighted by molar-refractivity contribution is -0.142. The predicted octanol–water partition coefficient (Wildman–Crippen LogP) is 3.32. The SMILES string of the molecule is O=C1C2C3c4ccccc4C(c4ccccc43)C2C(=O)N1CN1CCCCC1. The first-order chi connectivity index (χ1) is 13.8. The molecule has 4 heteroatoms. The molecule has 2 heterocycles. The van der Waals surface area contributed by atoms with E-state index in [9.17, 15) is 9.59 Å². The average molecular weight is 372 g/mol. The Morgan fingerprint density at radius 3 is 1.54 bits per heavy atom. The molecular weight excluding hydrogens is 348 g/mol. The van der Waals surface area contributed by atoms with E-state index in [1.807, 2.05) is 0 Å². The third kappa shape index (κ3) is 2.10. The zero-order valence-electron chi connectivity index (χ0n) is 15.9. The minimum atomic E-state index is -0.243. The van der Waals surface area contributed by atoms with Gasteiger partial charge in [-0.25, -0.2) is 0 Å². The first kappa shape index (κ1) is 16.5. The van der Waals surface area contributed by atoms with E-state index in [1.54, 1.807) is 4.90 Å². The number of benzene rings is 2. The molecule has 2 aromatic carbocycles. The van der Waals surface area contributed by atoms with E-state index in [2.05, 4.69) is 53.4 Å². The molecule has 142 valence electrons. The highest BCUT2D eigenvalue weighted by Crippen LogP contribution is 2.60. The summed E-state index contributed by atoms with van der Waals surface area (Å²) < 4.78 is 0.